The SMILES string of the molecule is CN(C)c1ccc(C(=CC=C(c2ccc(N(C)C)cc2)c2ccc(N(C)C)cc2)c2ccc(N(C)C)cc2)cc1. The lowest BCUT2D eigenvalue weighted by molar-refractivity contribution is 1.13. The van der Waals surface area contributed by atoms with Crippen LogP contribution in [0.25, 0.3) is 11.1 Å². The molecule has 0 radical (unpaired) electrons. The summed E-state index contributed by atoms with van der Waals surface area (Å²) in [5.41, 5.74) is 11.8. The fraction of sp³-hybridized carbons (Fsp3) is 0.222. The Labute approximate surface area is 241 Å². The number of rotatable bonds is 9. The summed E-state index contributed by atoms with van der Waals surface area (Å²) in [6.07, 6.45) is 4.54. The van der Waals surface area contributed by atoms with Gasteiger partial charge in [-0.3, -0.25) is 0 Å². The predicted molar refractivity (Wildman–Crippen MR) is 177 cm³/mol. The van der Waals surface area contributed by atoms with Crippen molar-refractivity contribution in [3.8, 4) is 0 Å². The van der Waals surface area contributed by atoms with Gasteiger partial charge in [-0.1, -0.05) is 60.7 Å². The molecule has 4 rings (SSSR count). The minimum Gasteiger partial charge on any atom is -0.378 e. The van der Waals surface area contributed by atoms with Gasteiger partial charge in [0.25, 0.3) is 0 Å². The molecular weight excluding hydrogens is 488 g/mol. The van der Waals surface area contributed by atoms with E-state index >= 15 is 0 Å². The molecule has 0 aliphatic rings. The van der Waals surface area contributed by atoms with Crippen LogP contribution in [-0.4, -0.2) is 56.4 Å². The van der Waals surface area contributed by atoms with Crippen LogP contribution in [0.2, 0.25) is 0 Å². The largest absolute Gasteiger partial charge is 0.378 e. The fourth-order valence-electron chi connectivity index (χ4n) is 4.64. The molecule has 4 heteroatoms. The van der Waals surface area contributed by atoms with Crippen LogP contribution in [0.4, 0.5) is 22.7 Å². The summed E-state index contributed by atoms with van der Waals surface area (Å²) in [6.45, 7) is 0. The van der Waals surface area contributed by atoms with Crippen molar-refractivity contribution in [1.29, 1.82) is 0 Å². The molecule has 0 spiro atoms. The Morgan fingerprint density at radius 3 is 0.650 bits per heavy atom. The topological polar surface area (TPSA) is 13.0 Å². The van der Waals surface area contributed by atoms with Crippen LogP contribution < -0.4 is 19.6 Å². The maximum Gasteiger partial charge on any atom is 0.0361 e. The molecule has 0 bridgehead atoms. The smallest absolute Gasteiger partial charge is 0.0361 e. The molecule has 206 valence electrons. The van der Waals surface area contributed by atoms with Gasteiger partial charge in [0.2, 0.25) is 0 Å². The maximum atomic E-state index is 2.27. The Morgan fingerprint density at radius 1 is 0.325 bits per heavy atom. The highest BCUT2D eigenvalue weighted by Gasteiger charge is 2.10. The number of allylic oxidation sites excluding steroid dienone is 2. The van der Waals surface area contributed by atoms with Crippen LogP contribution >= 0.6 is 0 Å². The van der Waals surface area contributed by atoms with E-state index < -0.39 is 0 Å². The van der Waals surface area contributed by atoms with Crippen LogP contribution in [-0.2, 0) is 0 Å². The predicted octanol–water partition coefficient (Wildman–Crippen LogP) is 7.51. The van der Waals surface area contributed by atoms with Crippen LogP contribution in [0, 0.1) is 0 Å². The van der Waals surface area contributed by atoms with E-state index in [2.05, 4.69) is 185 Å². The highest BCUT2D eigenvalue weighted by atomic mass is 15.1. The van der Waals surface area contributed by atoms with E-state index in [0.717, 1.165) is 0 Å². The standard InChI is InChI=1S/C36H42N4/c1-37(2)31-17-9-27(10-18-31)35(28-11-19-32(20-12-28)38(3)4)25-26-36(29-13-21-33(22-14-29)39(5)6)30-15-23-34(24-16-30)40(7)8/h9-26H,1-8H3. The van der Waals surface area contributed by atoms with E-state index in [9.17, 15) is 0 Å². The van der Waals surface area contributed by atoms with Gasteiger partial charge in [-0.05, 0) is 81.9 Å². The van der Waals surface area contributed by atoms with E-state index in [1.165, 1.54) is 56.1 Å². The van der Waals surface area contributed by atoms with Gasteiger partial charge in [-0.15, -0.1) is 0 Å². The average molecular weight is 531 g/mol. The number of benzene rings is 4. The second-order valence-electron chi connectivity index (χ2n) is 10.9. The minimum atomic E-state index is 1.18. The van der Waals surface area contributed by atoms with Crippen LogP contribution in [0.1, 0.15) is 22.3 Å². The molecule has 0 unspecified atom stereocenters. The summed E-state index contributed by atoms with van der Waals surface area (Å²) in [4.78, 5) is 8.52. The maximum absolute atomic E-state index is 2.27. The van der Waals surface area contributed by atoms with Gasteiger partial charge in [-0.2, -0.15) is 0 Å². The summed E-state index contributed by atoms with van der Waals surface area (Å²) in [6, 6.07) is 35.2. The van der Waals surface area contributed by atoms with Gasteiger partial charge in [0.15, 0.2) is 0 Å². The third-order valence-electron chi connectivity index (χ3n) is 7.20. The van der Waals surface area contributed by atoms with Gasteiger partial charge in [-0.25, -0.2) is 0 Å². The van der Waals surface area contributed by atoms with Crippen molar-refractivity contribution in [2.24, 2.45) is 0 Å². The van der Waals surface area contributed by atoms with E-state index in [1.54, 1.807) is 0 Å². The lowest BCUT2D eigenvalue weighted by atomic mass is 9.93. The lowest BCUT2D eigenvalue weighted by Gasteiger charge is -2.17. The zero-order valence-electron chi connectivity index (χ0n) is 25.2. The molecule has 0 aliphatic heterocycles. The molecule has 40 heavy (non-hydrogen) atoms. The first-order chi connectivity index (χ1) is 19.1. The molecule has 4 aromatic carbocycles. The molecule has 0 aromatic heterocycles. The quantitative estimate of drug-likeness (QED) is 0.208. The van der Waals surface area contributed by atoms with Crippen molar-refractivity contribution in [2.75, 3.05) is 76.0 Å². The average Bonchev–Trinajstić information content (AvgIpc) is 2.96. The first-order valence-electron chi connectivity index (χ1n) is 13.7. The van der Waals surface area contributed by atoms with E-state index in [1.807, 2.05) is 0 Å². The van der Waals surface area contributed by atoms with Gasteiger partial charge < -0.3 is 19.6 Å². The number of nitrogens with zero attached hydrogens (tertiary/aromatic N) is 4. The molecule has 4 nitrogen and oxygen atoms in total. The molecular formula is C36H42N4. The Kier molecular flexibility index (Phi) is 9.00. The molecule has 0 fully saturated rings. The van der Waals surface area contributed by atoms with Gasteiger partial charge in [0.1, 0.15) is 0 Å². The summed E-state index contributed by atoms with van der Waals surface area (Å²) in [5, 5.41) is 0. The van der Waals surface area contributed by atoms with Gasteiger partial charge in [0, 0.05) is 79.1 Å². The van der Waals surface area contributed by atoms with Crippen LogP contribution in [0.5, 0.6) is 0 Å². The van der Waals surface area contributed by atoms with E-state index in [0.29, 0.717) is 0 Å². The molecule has 0 N–H and O–H groups in total. The first kappa shape index (κ1) is 28.6. The highest BCUT2D eigenvalue weighted by molar-refractivity contribution is 5.87. The van der Waals surface area contributed by atoms with E-state index in [4.69, 9.17) is 0 Å². The number of hydrogen-bond donors (Lipinski definition) is 0. The molecule has 0 atom stereocenters. The summed E-state index contributed by atoms with van der Waals surface area (Å²) in [5.74, 6) is 0. The van der Waals surface area contributed by atoms with Crippen molar-refractivity contribution in [3.63, 3.8) is 0 Å². The normalized spacial score (nSPS) is 10.5. The number of anilines is 4. The van der Waals surface area contributed by atoms with Crippen molar-refractivity contribution in [3.05, 3.63) is 131 Å². The Hall–Kier alpha value is -4.44. The zero-order chi connectivity index (χ0) is 28.8. The molecule has 4 aromatic rings. The summed E-state index contributed by atoms with van der Waals surface area (Å²) in [7, 11) is 16.6. The fourth-order valence-corrected chi connectivity index (χ4v) is 4.64. The molecule has 0 saturated carbocycles. The van der Waals surface area contributed by atoms with Crippen molar-refractivity contribution < 1.29 is 0 Å². The molecule has 0 saturated heterocycles. The Balaban J connectivity index is 1.87. The Bertz CT molecular complexity index is 1220. The number of hydrogen-bond acceptors (Lipinski definition) is 4. The van der Waals surface area contributed by atoms with E-state index in [-0.39, 0.29) is 0 Å². The van der Waals surface area contributed by atoms with Gasteiger partial charge in [0.05, 0.1) is 0 Å². The van der Waals surface area contributed by atoms with Crippen molar-refractivity contribution in [2.45, 2.75) is 0 Å². The third-order valence-corrected chi connectivity index (χ3v) is 7.20. The summed E-state index contributed by atoms with van der Waals surface area (Å²) >= 11 is 0. The minimum absolute atomic E-state index is 1.18. The second kappa shape index (κ2) is 12.6. The van der Waals surface area contributed by atoms with Crippen LogP contribution in [0.3, 0.4) is 0 Å². The lowest BCUT2D eigenvalue weighted by Crippen LogP contribution is -2.08. The highest BCUT2D eigenvalue weighted by Crippen LogP contribution is 2.31. The Morgan fingerprint density at radius 2 is 0.500 bits per heavy atom. The summed E-state index contributed by atoms with van der Waals surface area (Å²) < 4.78 is 0. The van der Waals surface area contributed by atoms with Gasteiger partial charge >= 0.3 is 0 Å². The van der Waals surface area contributed by atoms with Crippen molar-refractivity contribution >= 4 is 33.9 Å². The molecule has 0 amide bonds. The molecule has 0 aliphatic carbocycles. The zero-order valence-corrected chi connectivity index (χ0v) is 25.2. The monoisotopic (exact) mass is 530 g/mol. The third kappa shape index (κ3) is 6.76. The van der Waals surface area contributed by atoms with Crippen molar-refractivity contribution in [1.82, 2.24) is 0 Å². The molecule has 0 heterocycles. The first-order valence-corrected chi connectivity index (χ1v) is 13.7. The van der Waals surface area contributed by atoms with Crippen LogP contribution in [0.15, 0.2) is 109 Å². The second-order valence-corrected chi connectivity index (χ2v) is 10.9.